The lowest BCUT2D eigenvalue weighted by molar-refractivity contribution is -0.121. The van der Waals surface area contributed by atoms with Gasteiger partial charge in [0.15, 0.2) is 5.78 Å². The summed E-state index contributed by atoms with van der Waals surface area (Å²) >= 11 is 0. The number of hydrogen-bond acceptors (Lipinski definition) is 3. The first-order valence-corrected chi connectivity index (χ1v) is 5.65. The van der Waals surface area contributed by atoms with E-state index in [0.29, 0.717) is 25.2 Å². The lowest BCUT2D eigenvalue weighted by Gasteiger charge is -2.18. The predicted octanol–water partition coefficient (Wildman–Crippen LogP) is 1.47. The van der Waals surface area contributed by atoms with Gasteiger partial charge in [0.25, 0.3) is 0 Å². The third kappa shape index (κ3) is 2.71. The zero-order chi connectivity index (χ0) is 12.3. The molecule has 1 aliphatic rings. The molecule has 0 aliphatic carbocycles. The molecule has 1 aromatic rings. The highest BCUT2D eigenvalue weighted by molar-refractivity contribution is 5.95. The van der Waals surface area contributed by atoms with Crippen LogP contribution >= 0.6 is 0 Å². The summed E-state index contributed by atoms with van der Waals surface area (Å²) < 4.78 is 5.37. The third-order valence-electron chi connectivity index (χ3n) is 2.81. The molecule has 0 aromatic heterocycles. The molecule has 2 rings (SSSR count). The second-order valence-corrected chi connectivity index (χ2v) is 4.09. The topological polar surface area (TPSA) is 55.4 Å². The van der Waals surface area contributed by atoms with E-state index in [9.17, 15) is 9.59 Å². The molecule has 1 heterocycles. The van der Waals surface area contributed by atoms with Gasteiger partial charge >= 0.3 is 0 Å². The fraction of sp³-hybridized carbons (Fsp3) is 0.385. The molecular formula is C13H15NO3. The van der Waals surface area contributed by atoms with Crippen LogP contribution in [0.15, 0.2) is 24.3 Å². The van der Waals surface area contributed by atoms with Crippen LogP contribution in [0.1, 0.15) is 35.3 Å². The summed E-state index contributed by atoms with van der Waals surface area (Å²) in [6, 6.07) is 7.08. The second kappa shape index (κ2) is 5.10. The number of ether oxygens (including phenoxy) is 1. The van der Waals surface area contributed by atoms with E-state index >= 15 is 0 Å². The Morgan fingerprint density at radius 3 is 2.94 bits per heavy atom. The standard InChI is InChI=1S/C13H15NO3/c1-9(15)10-4-2-3-5-11(10)12-8-17-7-6-13(16)14-12/h2-5,12H,6-8H2,1H3,(H,14,16). The Kier molecular flexibility index (Phi) is 3.54. The summed E-state index contributed by atoms with van der Waals surface area (Å²) in [5.74, 6) is -0.0371. The number of amides is 1. The van der Waals surface area contributed by atoms with Crippen LogP contribution in [0.2, 0.25) is 0 Å². The van der Waals surface area contributed by atoms with Crippen molar-refractivity contribution in [2.75, 3.05) is 13.2 Å². The molecule has 1 unspecified atom stereocenters. The summed E-state index contributed by atoms with van der Waals surface area (Å²) in [5, 5.41) is 2.87. The molecule has 1 aliphatic heterocycles. The van der Waals surface area contributed by atoms with Gasteiger partial charge in [0.05, 0.1) is 19.3 Å². The first-order chi connectivity index (χ1) is 8.18. The van der Waals surface area contributed by atoms with Gasteiger partial charge in [-0.25, -0.2) is 0 Å². The van der Waals surface area contributed by atoms with Gasteiger partial charge in [-0.3, -0.25) is 9.59 Å². The number of carbonyl (C=O) groups excluding carboxylic acids is 2. The molecule has 0 spiro atoms. The Morgan fingerprint density at radius 2 is 2.18 bits per heavy atom. The Bertz CT molecular complexity index is 442. The average Bonchev–Trinajstić information content (AvgIpc) is 2.54. The molecular weight excluding hydrogens is 218 g/mol. The molecule has 4 heteroatoms. The fourth-order valence-corrected chi connectivity index (χ4v) is 1.96. The Hall–Kier alpha value is -1.68. The van der Waals surface area contributed by atoms with Crippen LogP contribution < -0.4 is 5.32 Å². The van der Waals surface area contributed by atoms with E-state index < -0.39 is 0 Å². The zero-order valence-corrected chi connectivity index (χ0v) is 9.73. The number of nitrogens with one attached hydrogen (secondary N) is 1. The molecule has 1 saturated heterocycles. The monoisotopic (exact) mass is 233 g/mol. The molecule has 0 saturated carbocycles. The molecule has 17 heavy (non-hydrogen) atoms. The van der Waals surface area contributed by atoms with Gasteiger partial charge in [0.1, 0.15) is 0 Å². The predicted molar refractivity (Wildman–Crippen MR) is 62.8 cm³/mol. The highest BCUT2D eigenvalue weighted by atomic mass is 16.5. The van der Waals surface area contributed by atoms with Crippen LogP contribution in [0.5, 0.6) is 0 Å². The number of Topliss-reactive ketones (excluding diaryl/α,β-unsaturated/α-hetero) is 1. The summed E-state index contributed by atoms with van der Waals surface area (Å²) in [5.41, 5.74) is 1.47. The summed E-state index contributed by atoms with van der Waals surface area (Å²) in [4.78, 5) is 23.0. The largest absolute Gasteiger partial charge is 0.378 e. The second-order valence-electron chi connectivity index (χ2n) is 4.09. The maximum Gasteiger partial charge on any atom is 0.222 e. The molecule has 1 amide bonds. The van der Waals surface area contributed by atoms with Gasteiger partial charge < -0.3 is 10.1 Å². The van der Waals surface area contributed by atoms with Crippen LogP contribution in [0, 0.1) is 0 Å². The number of carbonyl (C=O) groups is 2. The lowest BCUT2D eigenvalue weighted by atomic mass is 9.98. The summed E-state index contributed by atoms with van der Waals surface area (Å²) in [6.07, 6.45) is 0.374. The van der Waals surface area contributed by atoms with Crippen molar-refractivity contribution in [3.63, 3.8) is 0 Å². The number of rotatable bonds is 2. The average molecular weight is 233 g/mol. The van der Waals surface area contributed by atoms with Gasteiger partial charge in [-0.1, -0.05) is 24.3 Å². The zero-order valence-electron chi connectivity index (χ0n) is 9.73. The van der Waals surface area contributed by atoms with Crippen molar-refractivity contribution < 1.29 is 14.3 Å². The number of hydrogen-bond donors (Lipinski definition) is 1. The SMILES string of the molecule is CC(=O)c1ccccc1C1COCCC(=O)N1. The van der Waals surface area contributed by atoms with Crippen molar-refractivity contribution >= 4 is 11.7 Å². The Labute approximate surface area is 100.0 Å². The van der Waals surface area contributed by atoms with E-state index in [1.54, 1.807) is 6.07 Å². The molecule has 0 bridgehead atoms. The van der Waals surface area contributed by atoms with Gasteiger partial charge in [0.2, 0.25) is 5.91 Å². The first kappa shape index (κ1) is 11.8. The van der Waals surface area contributed by atoms with E-state index in [0.717, 1.165) is 5.56 Å². The van der Waals surface area contributed by atoms with Crippen LogP contribution in [0.3, 0.4) is 0 Å². The highest BCUT2D eigenvalue weighted by Crippen LogP contribution is 2.20. The van der Waals surface area contributed by atoms with E-state index in [4.69, 9.17) is 4.74 Å². The Balaban J connectivity index is 2.31. The minimum atomic E-state index is -0.231. The first-order valence-electron chi connectivity index (χ1n) is 5.65. The molecule has 4 nitrogen and oxygen atoms in total. The van der Waals surface area contributed by atoms with Gasteiger partial charge in [-0.2, -0.15) is 0 Å². The number of benzene rings is 1. The lowest BCUT2D eigenvalue weighted by Crippen LogP contribution is -2.29. The van der Waals surface area contributed by atoms with Crippen molar-refractivity contribution in [1.29, 1.82) is 0 Å². The van der Waals surface area contributed by atoms with Crippen LogP contribution in [-0.2, 0) is 9.53 Å². The molecule has 1 fully saturated rings. The molecule has 90 valence electrons. The van der Waals surface area contributed by atoms with E-state index in [1.165, 1.54) is 6.92 Å². The minimum absolute atomic E-state index is 0.000837. The Morgan fingerprint density at radius 1 is 1.41 bits per heavy atom. The van der Waals surface area contributed by atoms with Crippen molar-refractivity contribution in [2.24, 2.45) is 0 Å². The van der Waals surface area contributed by atoms with Crippen molar-refractivity contribution in [3.05, 3.63) is 35.4 Å². The van der Waals surface area contributed by atoms with Crippen LogP contribution in [0.4, 0.5) is 0 Å². The molecule has 1 atom stereocenters. The van der Waals surface area contributed by atoms with E-state index in [-0.39, 0.29) is 17.7 Å². The third-order valence-corrected chi connectivity index (χ3v) is 2.81. The number of ketones is 1. The van der Waals surface area contributed by atoms with Crippen LogP contribution in [-0.4, -0.2) is 24.9 Å². The van der Waals surface area contributed by atoms with Crippen molar-refractivity contribution in [3.8, 4) is 0 Å². The molecule has 1 N–H and O–H groups in total. The minimum Gasteiger partial charge on any atom is -0.378 e. The van der Waals surface area contributed by atoms with Crippen molar-refractivity contribution in [1.82, 2.24) is 5.32 Å². The maximum absolute atomic E-state index is 11.5. The van der Waals surface area contributed by atoms with Crippen LogP contribution in [0.25, 0.3) is 0 Å². The molecule has 1 aromatic carbocycles. The fourth-order valence-electron chi connectivity index (χ4n) is 1.96. The van der Waals surface area contributed by atoms with Gasteiger partial charge in [-0.15, -0.1) is 0 Å². The van der Waals surface area contributed by atoms with Gasteiger partial charge in [-0.05, 0) is 12.5 Å². The summed E-state index contributed by atoms with van der Waals surface area (Å²) in [6.45, 7) is 2.37. The summed E-state index contributed by atoms with van der Waals surface area (Å²) in [7, 11) is 0. The van der Waals surface area contributed by atoms with Gasteiger partial charge in [0, 0.05) is 12.0 Å². The van der Waals surface area contributed by atoms with Crippen molar-refractivity contribution in [2.45, 2.75) is 19.4 Å². The maximum atomic E-state index is 11.5. The normalized spacial score (nSPS) is 20.5. The highest BCUT2D eigenvalue weighted by Gasteiger charge is 2.21. The van der Waals surface area contributed by atoms with E-state index in [1.807, 2.05) is 18.2 Å². The smallest absolute Gasteiger partial charge is 0.222 e. The quantitative estimate of drug-likeness (QED) is 0.787. The molecule has 0 radical (unpaired) electrons. The van der Waals surface area contributed by atoms with E-state index in [2.05, 4.69) is 5.32 Å².